The van der Waals surface area contributed by atoms with Crippen LogP contribution >= 0.6 is 0 Å². The maximum absolute atomic E-state index is 13.1. The Kier molecular flexibility index (Phi) is 4.92. The van der Waals surface area contributed by atoms with Gasteiger partial charge in [-0.25, -0.2) is 9.67 Å². The number of nitrogens with two attached hydrogens (primary N) is 1. The average molecular weight is 378 g/mol. The molecule has 144 valence electrons. The Morgan fingerprint density at radius 3 is 2.86 bits per heavy atom. The lowest BCUT2D eigenvalue weighted by atomic mass is 9.96. The van der Waals surface area contributed by atoms with Gasteiger partial charge in [-0.2, -0.15) is 5.10 Å². The number of piperidine rings is 1. The number of nitrogens with zero attached hydrogens (tertiary/aromatic N) is 5. The van der Waals surface area contributed by atoms with Crippen LogP contribution in [-0.2, 0) is 11.3 Å². The molecule has 8 heteroatoms. The minimum Gasteiger partial charge on any atom is -0.368 e. The molecule has 1 atom stereocenters. The van der Waals surface area contributed by atoms with E-state index >= 15 is 0 Å². The van der Waals surface area contributed by atoms with Crippen LogP contribution in [0.5, 0.6) is 0 Å². The summed E-state index contributed by atoms with van der Waals surface area (Å²) in [7, 11) is 0. The van der Waals surface area contributed by atoms with Gasteiger partial charge < -0.3 is 15.2 Å². The molecular weight excluding hydrogens is 356 g/mol. The molecule has 8 nitrogen and oxygen atoms in total. The zero-order chi connectivity index (χ0) is 19.5. The molecule has 0 radical (unpaired) electrons. The van der Waals surface area contributed by atoms with Crippen molar-refractivity contribution in [3.63, 3.8) is 0 Å². The number of amides is 2. The van der Waals surface area contributed by atoms with Crippen molar-refractivity contribution in [2.45, 2.75) is 25.3 Å². The van der Waals surface area contributed by atoms with Gasteiger partial charge in [0.15, 0.2) is 0 Å². The number of aromatic nitrogens is 4. The Morgan fingerprint density at radius 1 is 1.18 bits per heavy atom. The zero-order valence-corrected chi connectivity index (χ0v) is 15.4. The van der Waals surface area contributed by atoms with Crippen molar-refractivity contribution in [3.8, 4) is 5.69 Å². The van der Waals surface area contributed by atoms with Crippen molar-refractivity contribution >= 4 is 11.8 Å². The van der Waals surface area contributed by atoms with E-state index < -0.39 is 5.91 Å². The molecular formula is C20H22N6O2. The van der Waals surface area contributed by atoms with Crippen molar-refractivity contribution in [2.24, 2.45) is 5.73 Å². The third kappa shape index (κ3) is 3.66. The van der Waals surface area contributed by atoms with Crippen molar-refractivity contribution in [3.05, 3.63) is 66.5 Å². The fourth-order valence-electron chi connectivity index (χ4n) is 3.74. The normalized spacial score (nSPS) is 16.9. The highest BCUT2D eigenvalue weighted by molar-refractivity contribution is 5.94. The SMILES string of the molecule is NC(=O)Cn1ccnc1[C@@H]1CCCN(C(=O)c2cccc(-n3cccn3)c2)C1. The van der Waals surface area contributed by atoms with E-state index in [4.69, 9.17) is 5.73 Å². The highest BCUT2D eigenvalue weighted by Crippen LogP contribution is 2.27. The van der Waals surface area contributed by atoms with Gasteiger partial charge in [-0.15, -0.1) is 0 Å². The highest BCUT2D eigenvalue weighted by atomic mass is 16.2. The quantitative estimate of drug-likeness (QED) is 0.728. The maximum atomic E-state index is 13.1. The molecule has 4 rings (SSSR count). The van der Waals surface area contributed by atoms with Crippen molar-refractivity contribution in [2.75, 3.05) is 13.1 Å². The molecule has 2 N–H and O–H groups in total. The molecule has 0 unspecified atom stereocenters. The first kappa shape index (κ1) is 18.0. The van der Waals surface area contributed by atoms with Crippen LogP contribution in [-0.4, -0.2) is 49.1 Å². The van der Waals surface area contributed by atoms with E-state index in [-0.39, 0.29) is 18.4 Å². The summed E-state index contributed by atoms with van der Waals surface area (Å²) in [6.45, 7) is 1.38. The first-order valence-corrected chi connectivity index (χ1v) is 9.30. The molecule has 0 saturated carbocycles. The van der Waals surface area contributed by atoms with E-state index in [2.05, 4.69) is 10.1 Å². The van der Waals surface area contributed by atoms with Gasteiger partial charge in [-0.05, 0) is 37.1 Å². The smallest absolute Gasteiger partial charge is 0.253 e. The van der Waals surface area contributed by atoms with Crippen LogP contribution < -0.4 is 5.73 Å². The second-order valence-electron chi connectivity index (χ2n) is 6.97. The number of imidazole rings is 1. The van der Waals surface area contributed by atoms with E-state index in [1.54, 1.807) is 27.8 Å². The van der Waals surface area contributed by atoms with Crippen LogP contribution in [0.3, 0.4) is 0 Å². The van der Waals surface area contributed by atoms with Gasteiger partial charge in [-0.3, -0.25) is 9.59 Å². The lowest BCUT2D eigenvalue weighted by molar-refractivity contribution is -0.118. The Labute approximate surface area is 162 Å². The summed E-state index contributed by atoms with van der Waals surface area (Å²) in [5, 5.41) is 4.22. The Hall–Kier alpha value is -3.42. The molecule has 1 aliphatic rings. The molecule has 0 bridgehead atoms. The van der Waals surface area contributed by atoms with Gasteiger partial charge in [0, 0.05) is 49.4 Å². The molecule has 1 saturated heterocycles. The molecule has 1 aliphatic heterocycles. The number of hydrogen-bond acceptors (Lipinski definition) is 4. The number of primary amides is 1. The highest BCUT2D eigenvalue weighted by Gasteiger charge is 2.28. The largest absolute Gasteiger partial charge is 0.368 e. The number of carbonyl (C=O) groups is 2. The molecule has 3 aromatic rings. The predicted molar refractivity (Wildman–Crippen MR) is 103 cm³/mol. The van der Waals surface area contributed by atoms with Gasteiger partial charge in [0.1, 0.15) is 12.4 Å². The van der Waals surface area contributed by atoms with Gasteiger partial charge in [0.05, 0.1) is 5.69 Å². The number of rotatable bonds is 5. The molecule has 1 fully saturated rings. The average Bonchev–Trinajstić information content (AvgIpc) is 3.39. The second kappa shape index (κ2) is 7.67. The number of benzene rings is 1. The minimum absolute atomic E-state index is 0.00767. The zero-order valence-electron chi connectivity index (χ0n) is 15.4. The summed E-state index contributed by atoms with van der Waals surface area (Å²) >= 11 is 0. The number of hydrogen-bond donors (Lipinski definition) is 1. The Bertz CT molecular complexity index is 978. The van der Waals surface area contributed by atoms with Crippen LogP contribution in [0, 0.1) is 0 Å². The topological polar surface area (TPSA) is 99.0 Å². The summed E-state index contributed by atoms with van der Waals surface area (Å²) in [6, 6.07) is 9.31. The summed E-state index contributed by atoms with van der Waals surface area (Å²) in [6.07, 6.45) is 8.80. The van der Waals surface area contributed by atoms with Crippen LogP contribution in [0.1, 0.15) is 34.9 Å². The van der Waals surface area contributed by atoms with Crippen LogP contribution in [0.25, 0.3) is 5.69 Å². The lowest BCUT2D eigenvalue weighted by Crippen LogP contribution is -2.40. The summed E-state index contributed by atoms with van der Waals surface area (Å²) in [5.74, 6) is 0.480. The van der Waals surface area contributed by atoms with Crippen LogP contribution in [0.2, 0.25) is 0 Å². The third-order valence-corrected chi connectivity index (χ3v) is 5.01. The fraction of sp³-hybridized carbons (Fsp3) is 0.300. The molecule has 0 aliphatic carbocycles. The van der Waals surface area contributed by atoms with Crippen molar-refractivity contribution in [1.82, 2.24) is 24.2 Å². The fourth-order valence-corrected chi connectivity index (χ4v) is 3.74. The lowest BCUT2D eigenvalue weighted by Gasteiger charge is -2.32. The van der Waals surface area contributed by atoms with E-state index in [0.29, 0.717) is 18.7 Å². The molecule has 2 amide bonds. The summed E-state index contributed by atoms with van der Waals surface area (Å²) in [4.78, 5) is 30.7. The number of carbonyl (C=O) groups excluding carboxylic acids is 2. The Morgan fingerprint density at radius 2 is 2.07 bits per heavy atom. The minimum atomic E-state index is -0.404. The van der Waals surface area contributed by atoms with Crippen LogP contribution in [0.15, 0.2) is 55.1 Å². The van der Waals surface area contributed by atoms with Crippen LogP contribution in [0.4, 0.5) is 0 Å². The summed E-state index contributed by atoms with van der Waals surface area (Å²) < 4.78 is 3.51. The molecule has 1 aromatic carbocycles. The first-order valence-electron chi connectivity index (χ1n) is 9.30. The Balaban J connectivity index is 1.52. The van der Waals surface area contributed by atoms with Gasteiger partial charge in [0.2, 0.25) is 5.91 Å². The summed E-state index contributed by atoms with van der Waals surface area (Å²) in [5.41, 5.74) is 6.81. The van der Waals surface area contributed by atoms with Gasteiger partial charge in [0.25, 0.3) is 5.91 Å². The standard InChI is InChI=1S/C20H22N6O2/c21-18(27)14-24-11-8-22-19(24)16-5-2-9-25(13-16)20(28)15-4-1-6-17(12-15)26-10-3-7-23-26/h1,3-4,6-8,10-12,16H,2,5,9,13-14H2,(H2,21,27)/t16-/m1/s1. The third-order valence-electron chi connectivity index (χ3n) is 5.01. The van der Waals surface area contributed by atoms with Gasteiger partial charge >= 0.3 is 0 Å². The molecule has 2 aromatic heterocycles. The second-order valence-corrected chi connectivity index (χ2v) is 6.97. The van der Waals surface area contributed by atoms with E-state index in [1.807, 2.05) is 41.4 Å². The van der Waals surface area contributed by atoms with E-state index in [0.717, 1.165) is 24.4 Å². The molecule has 28 heavy (non-hydrogen) atoms. The van der Waals surface area contributed by atoms with E-state index in [1.165, 1.54) is 0 Å². The maximum Gasteiger partial charge on any atom is 0.253 e. The number of likely N-dealkylation sites (tertiary alicyclic amines) is 1. The molecule has 0 spiro atoms. The van der Waals surface area contributed by atoms with E-state index in [9.17, 15) is 9.59 Å². The monoisotopic (exact) mass is 378 g/mol. The van der Waals surface area contributed by atoms with Crippen molar-refractivity contribution in [1.29, 1.82) is 0 Å². The van der Waals surface area contributed by atoms with Gasteiger partial charge in [-0.1, -0.05) is 6.07 Å². The van der Waals surface area contributed by atoms with Crippen molar-refractivity contribution < 1.29 is 9.59 Å². The first-order chi connectivity index (χ1) is 13.6. The predicted octanol–water partition coefficient (Wildman–Crippen LogP) is 1.57. The molecule has 3 heterocycles.